The van der Waals surface area contributed by atoms with Crippen LogP contribution >= 0.6 is 11.3 Å². The van der Waals surface area contributed by atoms with Crippen molar-refractivity contribution in [3.8, 4) is 11.3 Å². The lowest BCUT2D eigenvalue weighted by Gasteiger charge is -2.31. The van der Waals surface area contributed by atoms with Gasteiger partial charge in [-0.2, -0.15) is 0 Å². The van der Waals surface area contributed by atoms with Crippen LogP contribution in [0, 0.1) is 12.8 Å². The van der Waals surface area contributed by atoms with E-state index in [2.05, 4.69) is 25.6 Å². The molecule has 176 valence electrons. The topological polar surface area (TPSA) is 96.9 Å². The summed E-state index contributed by atoms with van der Waals surface area (Å²) in [6.45, 7) is 2.02. The zero-order chi connectivity index (χ0) is 23.9. The molecule has 1 amide bonds. The lowest BCUT2D eigenvalue weighted by Crippen LogP contribution is -2.56. The second kappa shape index (κ2) is 8.94. The van der Waals surface area contributed by atoms with E-state index in [1.54, 1.807) is 17.8 Å². The number of hydrogen-bond donors (Lipinski definition) is 2. The fourth-order valence-electron chi connectivity index (χ4n) is 5.46. The number of nitrogens with one attached hydrogen (secondary N) is 2. The molecule has 1 saturated carbocycles. The Balaban J connectivity index is 1.38. The number of carbonyl (C=O) groups excluding carboxylic acids is 2. The number of fused-ring (bicyclic) bond motifs is 3. The number of aryl methyl sites for hydroxylation is 1. The summed E-state index contributed by atoms with van der Waals surface area (Å²) in [6.07, 6.45) is 6.32. The highest BCUT2D eigenvalue weighted by Crippen LogP contribution is 2.37. The number of benzene rings is 2. The van der Waals surface area contributed by atoms with Gasteiger partial charge in [-0.3, -0.25) is 14.6 Å². The van der Waals surface area contributed by atoms with Crippen LogP contribution < -0.4 is 10.6 Å². The summed E-state index contributed by atoms with van der Waals surface area (Å²) in [5.41, 5.74) is 5.80. The summed E-state index contributed by atoms with van der Waals surface area (Å²) >= 11 is 1.42. The molecule has 2 aliphatic rings. The Kier molecular flexibility index (Phi) is 5.62. The predicted molar refractivity (Wildman–Crippen MR) is 135 cm³/mol. The van der Waals surface area contributed by atoms with Crippen molar-refractivity contribution in [3.63, 3.8) is 0 Å². The third kappa shape index (κ3) is 4.02. The van der Waals surface area contributed by atoms with Gasteiger partial charge in [-0.15, -0.1) is 11.3 Å². The molecule has 0 radical (unpaired) electrons. The first kappa shape index (κ1) is 22.0. The molecule has 1 unspecified atom stereocenters. The van der Waals surface area contributed by atoms with E-state index in [0.29, 0.717) is 23.2 Å². The minimum absolute atomic E-state index is 0.140. The molecule has 1 saturated heterocycles. The van der Waals surface area contributed by atoms with Gasteiger partial charge in [-0.1, -0.05) is 35.9 Å². The van der Waals surface area contributed by atoms with Gasteiger partial charge in [-0.05, 0) is 44.2 Å². The van der Waals surface area contributed by atoms with Crippen LogP contribution in [-0.2, 0) is 0 Å². The van der Waals surface area contributed by atoms with E-state index in [9.17, 15) is 9.59 Å². The van der Waals surface area contributed by atoms with Crippen molar-refractivity contribution in [2.45, 2.75) is 44.3 Å². The lowest BCUT2D eigenvalue weighted by molar-refractivity contribution is 0.0818. The molecule has 8 heteroatoms. The molecule has 4 aromatic rings. The summed E-state index contributed by atoms with van der Waals surface area (Å²) < 4.78 is 0.817. The van der Waals surface area contributed by atoms with E-state index in [0.717, 1.165) is 40.6 Å². The van der Waals surface area contributed by atoms with Crippen molar-refractivity contribution in [3.05, 3.63) is 77.2 Å². The third-order valence-corrected chi connectivity index (χ3v) is 8.07. The van der Waals surface area contributed by atoms with Crippen LogP contribution in [0.25, 0.3) is 21.5 Å². The minimum Gasteiger partial charge on any atom is -0.340 e. The Bertz CT molecular complexity index is 1420. The van der Waals surface area contributed by atoms with Crippen LogP contribution in [0.1, 0.15) is 45.7 Å². The number of ketones is 1. The Hall–Kier alpha value is -3.49. The maximum atomic E-state index is 14.1. The van der Waals surface area contributed by atoms with Gasteiger partial charge >= 0.3 is 0 Å². The van der Waals surface area contributed by atoms with Crippen LogP contribution in [0.5, 0.6) is 0 Å². The Morgan fingerprint density at radius 3 is 2.66 bits per heavy atom. The van der Waals surface area contributed by atoms with Crippen molar-refractivity contribution in [1.29, 1.82) is 0 Å². The van der Waals surface area contributed by atoms with Crippen molar-refractivity contribution in [1.82, 2.24) is 25.6 Å². The first-order valence-corrected chi connectivity index (χ1v) is 12.8. The van der Waals surface area contributed by atoms with E-state index in [-0.39, 0.29) is 23.4 Å². The number of Topliss-reactive ketones (excluding diaryl/α,β-unsaturated/α-hetero) is 1. The molecule has 2 aromatic carbocycles. The zero-order valence-corrected chi connectivity index (χ0v) is 20.1. The van der Waals surface area contributed by atoms with Gasteiger partial charge in [0, 0.05) is 30.0 Å². The number of carbonyl (C=O) groups is 2. The molecule has 3 heterocycles. The van der Waals surface area contributed by atoms with Crippen LogP contribution in [0.3, 0.4) is 0 Å². The standard InChI is InChI=1S/C27H25N5O2S/c1-15-5-7-16(8-6-15)21-23(29-12-11-28-21)25(33)24(22-17-9-10-18(13-17)31-22)32-27(34)19-3-2-4-20-26(19)35-14-30-20/h2-8,11-12,14,17-18,22,24,31H,9-10,13H2,1H3,(H,32,34)/t17-,18?,22-,24+/m0/s1. The quantitative estimate of drug-likeness (QED) is 0.399. The van der Waals surface area contributed by atoms with E-state index in [4.69, 9.17) is 0 Å². The zero-order valence-electron chi connectivity index (χ0n) is 19.3. The number of rotatable bonds is 6. The molecular formula is C27H25N5O2S. The first-order chi connectivity index (χ1) is 17.1. The summed E-state index contributed by atoms with van der Waals surface area (Å²) in [4.78, 5) is 40.9. The molecule has 4 atom stereocenters. The average Bonchev–Trinajstić information content (AvgIpc) is 3.64. The molecule has 2 fully saturated rings. The van der Waals surface area contributed by atoms with Crippen LogP contribution in [0.15, 0.2) is 60.4 Å². The summed E-state index contributed by atoms with van der Waals surface area (Å²) in [5, 5.41) is 6.69. The third-order valence-electron chi connectivity index (χ3n) is 7.20. The van der Waals surface area contributed by atoms with Gasteiger partial charge in [0.05, 0.1) is 27.0 Å². The van der Waals surface area contributed by atoms with Crippen molar-refractivity contribution in [2.24, 2.45) is 5.92 Å². The van der Waals surface area contributed by atoms with Gasteiger partial charge in [0.15, 0.2) is 0 Å². The Morgan fingerprint density at radius 2 is 1.89 bits per heavy atom. The number of aromatic nitrogens is 3. The van der Waals surface area contributed by atoms with E-state index >= 15 is 0 Å². The molecular weight excluding hydrogens is 458 g/mol. The molecule has 7 nitrogen and oxygen atoms in total. The number of thiazole rings is 1. The average molecular weight is 484 g/mol. The molecule has 2 bridgehead atoms. The van der Waals surface area contributed by atoms with Crippen molar-refractivity contribution in [2.75, 3.05) is 0 Å². The monoisotopic (exact) mass is 483 g/mol. The fourth-order valence-corrected chi connectivity index (χ4v) is 6.26. The smallest absolute Gasteiger partial charge is 0.253 e. The first-order valence-electron chi connectivity index (χ1n) is 11.9. The van der Waals surface area contributed by atoms with Gasteiger partial charge in [-0.25, -0.2) is 9.97 Å². The number of amides is 1. The van der Waals surface area contributed by atoms with E-state index in [1.165, 1.54) is 17.5 Å². The predicted octanol–water partition coefficient (Wildman–Crippen LogP) is 4.18. The second-order valence-electron chi connectivity index (χ2n) is 9.40. The van der Waals surface area contributed by atoms with E-state index in [1.807, 2.05) is 43.3 Å². The lowest BCUT2D eigenvalue weighted by atomic mass is 9.88. The van der Waals surface area contributed by atoms with E-state index < -0.39 is 6.04 Å². The summed E-state index contributed by atoms with van der Waals surface area (Å²) in [5.74, 6) is -0.153. The van der Waals surface area contributed by atoms with Gasteiger partial charge in [0.1, 0.15) is 11.7 Å². The molecule has 2 aromatic heterocycles. The fraction of sp³-hybridized carbons (Fsp3) is 0.296. The normalized spacial score (nSPS) is 21.8. The second-order valence-corrected chi connectivity index (χ2v) is 10.3. The van der Waals surface area contributed by atoms with Gasteiger partial charge in [0.2, 0.25) is 5.78 Å². The highest BCUT2D eigenvalue weighted by Gasteiger charge is 2.46. The number of piperidine rings is 1. The number of hydrogen-bond acceptors (Lipinski definition) is 7. The highest BCUT2D eigenvalue weighted by molar-refractivity contribution is 7.17. The molecule has 1 aliphatic heterocycles. The Labute approximate surface area is 207 Å². The SMILES string of the molecule is Cc1ccc(-c2nccnc2C(=O)[C@H](NC(=O)c2cccc3ncsc23)[C@H]2NC3CC[C@H]2C3)cc1. The van der Waals surface area contributed by atoms with Crippen LogP contribution in [-0.4, -0.2) is 44.8 Å². The molecule has 2 N–H and O–H groups in total. The molecule has 6 rings (SSSR count). The largest absolute Gasteiger partial charge is 0.340 e. The summed E-state index contributed by atoms with van der Waals surface area (Å²) in [7, 11) is 0. The molecule has 35 heavy (non-hydrogen) atoms. The van der Waals surface area contributed by atoms with Crippen molar-refractivity contribution >= 4 is 33.2 Å². The highest BCUT2D eigenvalue weighted by atomic mass is 32.1. The maximum Gasteiger partial charge on any atom is 0.253 e. The van der Waals surface area contributed by atoms with Crippen molar-refractivity contribution < 1.29 is 9.59 Å². The molecule has 1 aliphatic carbocycles. The minimum atomic E-state index is -0.748. The number of nitrogens with zero attached hydrogens (tertiary/aromatic N) is 3. The Morgan fingerprint density at radius 1 is 1.06 bits per heavy atom. The summed E-state index contributed by atoms with van der Waals surface area (Å²) in [6, 6.07) is 12.9. The maximum absolute atomic E-state index is 14.1. The molecule has 0 spiro atoms. The van der Waals surface area contributed by atoms with Gasteiger partial charge in [0.25, 0.3) is 5.91 Å². The van der Waals surface area contributed by atoms with Crippen LogP contribution in [0.4, 0.5) is 0 Å². The van der Waals surface area contributed by atoms with Gasteiger partial charge < -0.3 is 10.6 Å². The van der Waals surface area contributed by atoms with Crippen LogP contribution in [0.2, 0.25) is 0 Å².